The van der Waals surface area contributed by atoms with Crippen molar-refractivity contribution in [2.75, 3.05) is 11.9 Å². The van der Waals surface area contributed by atoms with E-state index >= 15 is 0 Å². The summed E-state index contributed by atoms with van der Waals surface area (Å²) in [5, 5.41) is 9.98. The van der Waals surface area contributed by atoms with Gasteiger partial charge < -0.3 is 10.6 Å². The van der Waals surface area contributed by atoms with Crippen molar-refractivity contribution >= 4 is 35.2 Å². The zero-order valence-electron chi connectivity index (χ0n) is 14.7. The van der Waals surface area contributed by atoms with E-state index in [0.717, 1.165) is 22.5 Å². The van der Waals surface area contributed by atoms with Crippen LogP contribution in [0.2, 0.25) is 5.15 Å². The van der Waals surface area contributed by atoms with Gasteiger partial charge in [-0.1, -0.05) is 29.8 Å². The van der Waals surface area contributed by atoms with Crippen LogP contribution < -0.4 is 10.6 Å². The first kappa shape index (κ1) is 18.7. The van der Waals surface area contributed by atoms with Crippen LogP contribution in [0.15, 0.2) is 24.3 Å². The minimum Gasteiger partial charge on any atom is -0.343 e. The third-order valence-electron chi connectivity index (χ3n) is 3.77. The van der Waals surface area contributed by atoms with Gasteiger partial charge in [-0.05, 0) is 38.0 Å². The average molecular weight is 361 g/mol. The number of para-hydroxylation sites is 1. The number of nitrogens with zero attached hydrogens (tertiary/aromatic N) is 2. The van der Waals surface area contributed by atoms with Crippen LogP contribution >= 0.6 is 11.6 Å². The van der Waals surface area contributed by atoms with E-state index in [9.17, 15) is 9.59 Å². The molecule has 0 spiro atoms. The minimum atomic E-state index is -0.379. The Labute approximate surface area is 151 Å². The largest absolute Gasteiger partial charge is 0.343 e. The lowest BCUT2D eigenvalue weighted by molar-refractivity contribution is -0.121. The predicted octanol–water partition coefficient (Wildman–Crippen LogP) is 2.77. The van der Waals surface area contributed by atoms with Gasteiger partial charge >= 0.3 is 0 Å². The molecule has 2 N–H and O–H groups in total. The molecule has 6 nitrogen and oxygen atoms in total. The van der Waals surface area contributed by atoms with Crippen molar-refractivity contribution in [2.45, 2.75) is 20.8 Å². The van der Waals surface area contributed by atoms with Crippen LogP contribution in [0.4, 0.5) is 5.69 Å². The number of carbonyl (C=O) groups excluding carboxylic acids is 2. The highest BCUT2D eigenvalue weighted by molar-refractivity contribution is 6.31. The van der Waals surface area contributed by atoms with Gasteiger partial charge in [-0.3, -0.25) is 14.3 Å². The Kier molecular flexibility index (Phi) is 5.98. The summed E-state index contributed by atoms with van der Waals surface area (Å²) in [5.41, 5.74) is 4.13. The molecule has 0 aliphatic carbocycles. The molecule has 132 valence electrons. The van der Waals surface area contributed by atoms with Crippen LogP contribution in [-0.4, -0.2) is 28.1 Å². The summed E-state index contributed by atoms with van der Waals surface area (Å²) in [7, 11) is 1.73. The molecule has 1 aromatic heterocycles. The van der Waals surface area contributed by atoms with Gasteiger partial charge in [0.2, 0.25) is 11.8 Å². The van der Waals surface area contributed by atoms with Gasteiger partial charge in [0.1, 0.15) is 5.15 Å². The number of carbonyl (C=O) groups is 2. The Morgan fingerprint density at radius 2 is 1.88 bits per heavy atom. The number of amides is 2. The van der Waals surface area contributed by atoms with Crippen LogP contribution in [0.5, 0.6) is 0 Å². The molecule has 0 radical (unpaired) electrons. The third kappa shape index (κ3) is 4.70. The molecule has 2 aromatic rings. The van der Waals surface area contributed by atoms with E-state index in [1.807, 2.05) is 32.0 Å². The molecule has 0 saturated carbocycles. The highest BCUT2D eigenvalue weighted by Crippen LogP contribution is 2.20. The van der Waals surface area contributed by atoms with Gasteiger partial charge in [0.25, 0.3) is 0 Å². The summed E-state index contributed by atoms with van der Waals surface area (Å²) in [6, 6.07) is 5.77. The fourth-order valence-corrected chi connectivity index (χ4v) is 2.65. The molecule has 1 aromatic carbocycles. The van der Waals surface area contributed by atoms with Crippen molar-refractivity contribution in [2.24, 2.45) is 7.05 Å². The van der Waals surface area contributed by atoms with Crippen LogP contribution in [0.1, 0.15) is 22.4 Å². The maximum atomic E-state index is 12.0. The Morgan fingerprint density at radius 3 is 2.44 bits per heavy atom. The molecule has 0 saturated heterocycles. The number of hydrogen-bond acceptors (Lipinski definition) is 3. The monoisotopic (exact) mass is 360 g/mol. The van der Waals surface area contributed by atoms with E-state index in [2.05, 4.69) is 15.7 Å². The number of rotatable bonds is 5. The molecule has 0 aliphatic rings. The van der Waals surface area contributed by atoms with E-state index in [4.69, 9.17) is 11.6 Å². The molecule has 0 aliphatic heterocycles. The van der Waals surface area contributed by atoms with Crippen molar-refractivity contribution < 1.29 is 9.59 Å². The molecule has 1 heterocycles. The smallest absolute Gasteiger partial charge is 0.244 e. The van der Waals surface area contributed by atoms with Crippen LogP contribution in [-0.2, 0) is 16.6 Å². The second kappa shape index (κ2) is 7.98. The quantitative estimate of drug-likeness (QED) is 0.805. The van der Waals surface area contributed by atoms with Gasteiger partial charge in [-0.2, -0.15) is 5.10 Å². The number of aromatic nitrogens is 2. The zero-order chi connectivity index (χ0) is 18.6. The molecular weight excluding hydrogens is 340 g/mol. The maximum Gasteiger partial charge on any atom is 0.244 e. The summed E-state index contributed by atoms with van der Waals surface area (Å²) in [4.78, 5) is 23.9. The third-order valence-corrected chi connectivity index (χ3v) is 4.21. The lowest BCUT2D eigenvalue weighted by atomic mass is 10.1. The molecule has 0 bridgehead atoms. The topological polar surface area (TPSA) is 76.0 Å². The highest BCUT2D eigenvalue weighted by atomic mass is 35.5. The first-order chi connectivity index (χ1) is 11.8. The molecular formula is C18H21ClN4O2. The van der Waals surface area contributed by atoms with Gasteiger partial charge in [0, 0.05) is 24.4 Å². The van der Waals surface area contributed by atoms with Crippen molar-refractivity contribution in [3.05, 3.63) is 51.8 Å². The van der Waals surface area contributed by atoms with Gasteiger partial charge in [-0.25, -0.2) is 0 Å². The number of anilines is 1. The first-order valence-corrected chi connectivity index (χ1v) is 8.18. The maximum absolute atomic E-state index is 12.0. The highest BCUT2D eigenvalue weighted by Gasteiger charge is 2.10. The fourth-order valence-electron chi connectivity index (χ4n) is 2.42. The summed E-state index contributed by atoms with van der Waals surface area (Å²) >= 11 is 6.10. The average Bonchev–Trinajstić information content (AvgIpc) is 2.80. The van der Waals surface area contributed by atoms with Gasteiger partial charge in [0.15, 0.2) is 0 Å². The first-order valence-electron chi connectivity index (χ1n) is 7.80. The molecule has 2 rings (SSSR count). The summed E-state index contributed by atoms with van der Waals surface area (Å²) in [5.74, 6) is -0.661. The Morgan fingerprint density at radius 1 is 1.24 bits per heavy atom. The number of nitrogens with one attached hydrogen (secondary N) is 2. The lowest BCUT2D eigenvalue weighted by Crippen LogP contribution is -2.32. The van der Waals surface area contributed by atoms with Crippen molar-refractivity contribution in [3.63, 3.8) is 0 Å². The van der Waals surface area contributed by atoms with E-state index in [-0.39, 0.29) is 18.4 Å². The van der Waals surface area contributed by atoms with E-state index in [1.54, 1.807) is 20.0 Å². The van der Waals surface area contributed by atoms with Crippen molar-refractivity contribution in [1.29, 1.82) is 0 Å². The number of hydrogen-bond donors (Lipinski definition) is 2. The second-order valence-electron chi connectivity index (χ2n) is 5.78. The summed E-state index contributed by atoms with van der Waals surface area (Å²) in [6.45, 7) is 5.53. The molecule has 2 amide bonds. The molecule has 0 unspecified atom stereocenters. The molecule has 0 fully saturated rings. The standard InChI is InChI=1S/C18H21ClN4O2/c1-11-6-5-7-12(2)17(11)21-16(25)10-20-15(24)9-8-14-13(3)22-23(4)18(14)19/h5-9H,10H2,1-4H3,(H,20,24)(H,21,25)/b9-8+. The minimum absolute atomic E-state index is 0.114. The van der Waals surface area contributed by atoms with E-state index in [1.165, 1.54) is 10.8 Å². The zero-order valence-corrected chi connectivity index (χ0v) is 15.4. The van der Waals surface area contributed by atoms with E-state index in [0.29, 0.717) is 10.7 Å². The predicted molar refractivity (Wildman–Crippen MR) is 99.5 cm³/mol. The SMILES string of the molecule is Cc1cccc(C)c1NC(=O)CNC(=O)/C=C/c1c(C)nn(C)c1Cl. The summed E-state index contributed by atoms with van der Waals surface area (Å²) < 4.78 is 1.53. The van der Waals surface area contributed by atoms with Crippen molar-refractivity contribution in [3.8, 4) is 0 Å². The lowest BCUT2D eigenvalue weighted by Gasteiger charge is -2.11. The number of halogens is 1. The molecule has 0 atom stereocenters. The van der Waals surface area contributed by atoms with E-state index < -0.39 is 0 Å². The number of aryl methyl sites for hydroxylation is 4. The van der Waals surface area contributed by atoms with Crippen LogP contribution in [0, 0.1) is 20.8 Å². The Hall–Kier alpha value is -2.60. The van der Waals surface area contributed by atoms with Crippen LogP contribution in [0.25, 0.3) is 6.08 Å². The Balaban J connectivity index is 1.91. The van der Waals surface area contributed by atoms with Gasteiger partial charge in [-0.15, -0.1) is 0 Å². The fraction of sp³-hybridized carbons (Fsp3) is 0.278. The van der Waals surface area contributed by atoms with Crippen molar-refractivity contribution in [1.82, 2.24) is 15.1 Å². The second-order valence-corrected chi connectivity index (χ2v) is 6.14. The van der Waals surface area contributed by atoms with Gasteiger partial charge in [0.05, 0.1) is 12.2 Å². The normalized spacial score (nSPS) is 10.9. The summed E-state index contributed by atoms with van der Waals surface area (Å²) in [6.07, 6.45) is 2.92. The number of benzene rings is 1. The molecule has 25 heavy (non-hydrogen) atoms. The van der Waals surface area contributed by atoms with Crippen LogP contribution in [0.3, 0.4) is 0 Å². The molecule has 7 heteroatoms. The Bertz CT molecular complexity index is 820.